The van der Waals surface area contributed by atoms with Crippen LogP contribution in [0.15, 0.2) is 41.4 Å². The molecule has 0 spiro atoms. The van der Waals surface area contributed by atoms with E-state index in [9.17, 15) is 35.6 Å². The lowest BCUT2D eigenvalue weighted by Crippen LogP contribution is -2.47. The molecule has 1 aliphatic heterocycles. The molecule has 36 heavy (non-hydrogen) atoms. The Labute approximate surface area is 205 Å². The number of aromatic nitrogens is 1. The standard InChI is InChI=1S/C24H25F4N3O4S/c1-13-9-20(31(12-13)23(33)19-11-16(7-8-29-19)36(2,34)35)22(32)30-21(14-3-4-14)17-6-5-15(10-18(17)25)24(26,27)28/h5-8,10-11,13-14,20-21H,3-4,9,12H2,1-2H3,(H,30,32)/t13-,20-,21-/m1/s1. The lowest BCUT2D eigenvalue weighted by atomic mass is 9.98. The Morgan fingerprint density at radius 2 is 1.86 bits per heavy atom. The van der Waals surface area contributed by atoms with Gasteiger partial charge >= 0.3 is 6.18 Å². The minimum absolute atomic E-state index is 0.0368. The summed E-state index contributed by atoms with van der Waals surface area (Å²) in [6, 6.07) is 2.91. The number of nitrogens with zero attached hydrogens (tertiary/aromatic N) is 2. The van der Waals surface area contributed by atoms with E-state index < -0.39 is 51.3 Å². The number of amides is 2. The maximum Gasteiger partial charge on any atom is 0.416 e. The maximum atomic E-state index is 14.7. The highest BCUT2D eigenvalue weighted by atomic mass is 32.2. The van der Waals surface area contributed by atoms with Crippen LogP contribution in [0.1, 0.15) is 53.8 Å². The SMILES string of the molecule is C[C@@H]1C[C@H](C(=O)N[C@@H](c2ccc(C(F)(F)F)cc2F)C2CC2)N(C(=O)c2cc(S(C)(=O)=O)ccn2)C1. The molecule has 3 atom stereocenters. The zero-order valence-electron chi connectivity index (χ0n) is 19.5. The monoisotopic (exact) mass is 527 g/mol. The van der Waals surface area contributed by atoms with E-state index in [-0.39, 0.29) is 34.5 Å². The highest BCUT2D eigenvalue weighted by Gasteiger charge is 2.42. The zero-order chi connectivity index (χ0) is 26.4. The molecule has 12 heteroatoms. The van der Waals surface area contributed by atoms with Crippen LogP contribution in [-0.4, -0.2) is 49.0 Å². The van der Waals surface area contributed by atoms with Gasteiger partial charge in [-0.2, -0.15) is 13.2 Å². The molecular weight excluding hydrogens is 502 g/mol. The lowest BCUT2D eigenvalue weighted by molar-refractivity contribution is -0.137. The molecule has 1 saturated heterocycles. The van der Waals surface area contributed by atoms with Gasteiger partial charge in [-0.05, 0) is 55.4 Å². The van der Waals surface area contributed by atoms with Gasteiger partial charge in [0.15, 0.2) is 9.84 Å². The van der Waals surface area contributed by atoms with Crippen molar-refractivity contribution in [2.45, 2.75) is 49.3 Å². The summed E-state index contributed by atoms with van der Waals surface area (Å²) in [5.74, 6) is -2.41. The summed E-state index contributed by atoms with van der Waals surface area (Å²) in [7, 11) is -3.58. The van der Waals surface area contributed by atoms with Crippen molar-refractivity contribution in [2.24, 2.45) is 11.8 Å². The van der Waals surface area contributed by atoms with Gasteiger partial charge in [-0.3, -0.25) is 14.6 Å². The van der Waals surface area contributed by atoms with Crippen molar-refractivity contribution < 1.29 is 35.6 Å². The van der Waals surface area contributed by atoms with E-state index in [2.05, 4.69) is 10.3 Å². The average molecular weight is 528 g/mol. The highest BCUT2D eigenvalue weighted by molar-refractivity contribution is 7.90. The number of benzene rings is 1. The smallest absolute Gasteiger partial charge is 0.347 e. The first-order chi connectivity index (χ1) is 16.8. The fourth-order valence-corrected chi connectivity index (χ4v) is 5.14. The number of hydrogen-bond donors (Lipinski definition) is 1. The number of carbonyl (C=O) groups is 2. The van der Waals surface area contributed by atoms with Crippen LogP contribution >= 0.6 is 0 Å². The maximum absolute atomic E-state index is 14.7. The molecule has 0 radical (unpaired) electrons. The van der Waals surface area contributed by atoms with Gasteiger partial charge in [0.1, 0.15) is 17.6 Å². The molecule has 2 aliphatic rings. The Bertz CT molecular complexity index is 1290. The summed E-state index contributed by atoms with van der Waals surface area (Å²) in [5, 5.41) is 2.76. The second kappa shape index (κ2) is 9.45. The van der Waals surface area contributed by atoms with Crippen LogP contribution in [0.4, 0.5) is 17.6 Å². The molecule has 1 N–H and O–H groups in total. The van der Waals surface area contributed by atoms with Gasteiger partial charge in [0.2, 0.25) is 5.91 Å². The van der Waals surface area contributed by atoms with Crippen LogP contribution in [0, 0.1) is 17.7 Å². The summed E-state index contributed by atoms with van der Waals surface area (Å²) in [6.07, 6.45) is -0.816. The van der Waals surface area contributed by atoms with Crippen molar-refractivity contribution in [3.8, 4) is 0 Å². The Morgan fingerprint density at radius 1 is 1.17 bits per heavy atom. The summed E-state index contributed by atoms with van der Waals surface area (Å²) in [6.45, 7) is 2.08. The molecule has 1 aromatic heterocycles. The van der Waals surface area contributed by atoms with Crippen LogP contribution in [-0.2, 0) is 20.8 Å². The molecule has 2 fully saturated rings. The first-order valence-electron chi connectivity index (χ1n) is 11.4. The predicted molar refractivity (Wildman–Crippen MR) is 121 cm³/mol. The molecular formula is C24H25F4N3O4S. The van der Waals surface area contributed by atoms with Crippen molar-refractivity contribution in [3.63, 3.8) is 0 Å². The second-order valence-corrected chi connectivity index (χ2v) is 11.5. The second-order valence-electron chi connectivity index (χ2n) is 9.52. The molecule has 0 unspecified atom stereocenters. The molecule has 2 aromatic rings. The van der Waals surface area contributed by atoms with Crippen molar-refractivity contribution in [2.75, 3.05) is 12.8 Å². The first-order valence-corrected chi connectivity index (χ1v) is 13.3. The van der Waals surface area contributed by atoms with Gasteiger partial charge in [-0.15, -0.1) is 0 Å². The Morgan fingerprint density at radius 3 is 2.44 bits per heavy atom. The van der Waals surface area contributed by atoms with E-state index in [4.69, 9.17) is 0 Å². The quantitative estimate of drug-likeness (QED) is 0.578. The number of halogens is 4. The number of nitrogens with one attached hydrogen (secondary N) is 1. The van der Waals surface area contributed by atoms with Gasteiger partial charge in [0, 0.05) is 24.6 Å². The van der Waals surface area contributed by atoms with Gasteiger partial charge in [0.05, 0.1) is 16.5 Å². The molecule has 1 aromatic carbocycles. The Hall–Kier alpha value is -3.02. The van der Waals surface area contributed by atoms with Crippen molar-refractivity contribution >= 4 is 21.7 Å². The van der Waals surface area contributed by atoms with Crippen LogP contribution in [0.25, 0.3) is 0 Å². The molecule has 2 heterocycles. The summed E-state index contributed by atoms with van der Waals surface area (Å²) < 4.78 is 77.3. The first kappa shape index (κ1) is 26.1. The van der Waals surface area contributed by atoms with E-state index in [0.717, 1.165) is 24.5 Å². The van der Waals surface area contributed by atoms with Crippen LogP contribution in [0.2, 0.25) is 0 Å². The van der Waals surface area contributed by atoms with Crippen molar-refractivity contribution in [1.29, 1.82) is 0 Å². The minimum Gasteiger partial charge on any atom is -0.347 e. The van der Waals surface area contributed by atoms with E-state index in [1.165, 1.54) is 17.2 Å². The number of alkyl halides is 3. The molecule has 1 saturated carbocycles. The molecule has 2 amide bonds. The average Bonchev–Trinajstić information content (AvgIpc) is 3.56. The minimum atomic E-state index is -4.69. The van der Waals surface area contributed by atoms with Gasteiger partial charge in [0.25, 0.3) is 5.91 Å². The third-order valence-electron chi connectivity index (χ3n) is 6.51. The number of pyridine rings is 1. The fourth-order valence-electron chi connectivity index (χ4n) is 4.51. The molecule has 4 rings (SSSR count). The molecule has 194 valence electrons. The van der Waals surface area contributed by atoms with E-state index >= 15 is 0 Å². The number of likely N-dealkylation sites (tertiary alicyclic amines) is 1. The highest BCUT2D eigenvalue weighted by Crippen LogP contribution is 2.43. The lowest BCUT2D eigenvalue weighted by Gasteiger charge is -2.27. The number of hydrogen-bond acceptors (Lipinski definition) is 5. The van der Waals surface area contributed by atoms with Crippen LogP contribution < -0.4 is 5.32 Å². The van der Waals surface area contributed by atoms with E-state index in [0.29, 0.717) is 25.3 Å². The fraction of sp³-hybridized carbons (Fsp3) is 0.458. The predicted octanol–water partition coefficient (Wildman–Crippen LogP) is 3.76. The summed E-state index contributed by atoms with van der Waals surface area (Å²) in [5.41, 5.74) is -1.28. The topological polar surface area (TPSA) is 96.4 Å². The van der Waals surface area contributed by atoms with Crippen LogP contribution in [0.3, 0.4) is 0 Å². The third-order valence-corrected chi connectivity index (χ3v) is 7.62. The van der Waals surface area contributed by atoms with E-state index in [1.54, 1.807) is 0 Å². The van der Waals surface area contributed by atoms with Crippen LogP contribution in [0.5, 0.6) is 0 Å². The Balaban J connectivity index is 1.57. The summed E-state index contributed by atoms with van der Waals surface area (Å²) >= 11 is 0. The normalized spacial score (nSPS) is 21.3. The zero-order valence-corrected chi connectivity index (χ0v) is 20.4. The Kier molecular flexibility index (Phi) is 6.84. The largest absolute Gasteiger partial charge is 0.416 e. The van der Waals surface area contributed by atoms with Crippen molar-refractivity contribution in [1.82, 2.24) is 15.2 Å². The van der Waals surface area contributed by atoms with Gasteiger partial charge < -0.3 is 10.2 Å². The van der Waals surface area contributed by atoms with Crippen molar-refractivity contribution in [3.05, 3.63) is 59.2 Å². The summed E-state index contributed by atoms with van der Waals surface area (Å²) in [4.78, 5) is 31.7. The third kappa shape index (κ3) is 5.53. The van der Waals surface area contributed by atoms with Gasteiger partial charge in [-0.25, -0.2) is 12.8 Å². The number of sulfone groups is 1. The van der Waals surface area contributed by atoms with E-state index in [1.807, 2.05) is 6.92 Å². The molecule has 1 aliphatic carbocycles. The molecule has 0 bridgehead atoms. The number of carbonyl (C=O) groups excluding carboxylic acids is 2. The number of rotatable bonds is 6. The van der Waals surface area contributed by atoms with Gasteiger partial charge in [-0.1, -0.05) is 13.0 Å². The molecule has 7 nitrogen and oxygen atoms in total.